The Balaban J connectivity index is 2.60. The maximum Gasteiger partial charge on any atom is 0.133 e. The van der Waals surface area contributed by atoms with E-state index in [0.717, 1.165) is 16.5 Å². The highest BCUT2D eigenvalue weighted by molar-refractivity contribution is 5.77. The molecule has 0 N–H and O–H groups in total. The first kappa shape index (κ1) is 5.42. The molecule has 2 aromatic rings. The molecule has 0 fully saturated rings. The van der Waals surface area contributed by atoms with Crippen LogP contribution in [-0.2, 0) is 6.40 Å². The lowest BCUT2D eigenvalue weighted by atomic mass is 10.1. The second kappa shape index (κ2) is 2.42. The maximum atomic E-state index is 7.52. The Kier molecular flexibility index (Phi) is 1.19. The van der Waals surface area contributed by atoms with E-state index in [1.54, 1.807) is 6.26 Å². The number of hydrogen-bond acceptors (Lipinski definition) is 1. The molecule has 56 valence electrons. The fourth-order valence-corrected chi connectivity index (χ4v) is 1.16. The van der Waals surface area contributed by atoms with Gasteiger partial charge in [0.2, 0.25) is 0 Å². The second-order valence-corrected chi connectivity index (χ2v) is 2.51. The van der Waals surface area contributed by atoms with Crippen LogP contribution in [0.15, 0.2) is 34.9 Å². The molecule has 1 nitrogen and oxygen atoms in total. The van der Waals surface area contributed by atoms with Gasteiger partial charge in [-0.2, -0.15) is 0 Å². The number of hydrogen-bond donors (Lipinski definition) is 0. The molecule has 11 heavy (non-hydrogen) atoms. The number of rotatable bonds is 1. The highest BCUT2D eigenvalue weighted by atomic mass is 16.3. The lowest BCUT2D eigenvalue weighted by Gasteiger charge is -1.93. The minimum atomic E-state index is -0.163. The molecule has 1 heteroatoms. The summed E-state index contributed by atoms with van der Waals surface area (Å²) in [5.41, 5.74) is 1.92. The average Bonchev–Trinajstić information content (AvgIpc) is 2.49. The topological polar surface area (TPSA) is 13.1 Å². The van der Waals surface area contributed by atoms with Crippen LogP contribution in [0.4, 0.5) is 0 Å². The summed E-state index contributed by atoms with van der Waals surface area (Å²) in [5.74, 6) is 0. The summed E-state index contributed by atoms with van der Waals surface area (Å²) >= 11 is 0. The molecular weight excluding hydrogens is 136 g/mol. The van der Waals surface area contributed by atoms with Crippen LogP contribution in [0, 0.1) is 0 Å². The van der Waals surface area contributed by atoms with Gasteiger partial charge in [0, 0.05) is 6.76 Å². The molecular formula is C10H10O. The van der Waals surface area contributed by atoms with Crippen LogP contribution in [0.5, 0.6) is 0 Å². The molecule has 1 aromatic carbocycles. The van der Waals surface area contributed by atoms with Crippen molar-refractivity contribution in [2.24, 2.45) is 0 Å². The van der Waals surface area contributed by atoms with Crippen molar-refractivity contribution in [3.63, 3.8) is 0 Å². The van der Waals surface area contributed by atoms with E-state index in [9.17, 15) is 0 Å². The van der Waals surface area contributed by atoms with Gasteiger partial charge in [-0.15, -0.1) is 0 Å². The van der Waals surface area contributed by atoms with Crippen molar-refractivity contribution < 1.29 is 5.79 Å². The zero-order valence-electron chi connectivity index (χ0n) is 7.37. The normalized spacial score (nSPS) is 14.8. The first-order valence-electron chi connectivity index (χ1n) is 4.24. The minimum absolute atomic E-state index is 0.163. The summed E-state index contributed by atoms with van der Waals surface area (Å²) in [6.07, 6.45) is 1.51. The summed E-state index contributed by atoms with van der Waals surface area (Å²) in [6, 6.07) is 7.76. The van der Waals surface area contributed by atoms with Gasteiger partial charge in [-0.3, -0.25) is 0 Å². The summed E-state index contributed by atoms with van der Waals surface area (Å²) in [6.45, 7) is 1.86. The predicted molar refractivity (Wildman–Crippen MR) is 45.6 cm³/mol. The van der Waals surface area contributed by atoms with Gasteiger partial charge in [-0.05, 0) is 30.2 Å². The van der Waals surface area contributed by atoms with Crippen molar-refractivity contribution in [1.82, 2.24) is 0 Å². The Morgan fingerprint density at radius 3 is 3.18 bits per heavy atom. The van der Waals surface area contributed by atoms with Crippen molar-refractivity contribution in [3.8, 4) is 0 Å². The highest BCUT2D eigenvalue weighted by Crippen LogP contribution is 2.16. The number of benzene rings is 1. The minimum Gasteiger partial charge on any atom is -0.464 e. The molecule has 0 aliphatic heterocycles. The van der Waals surface area contributed by atoms with Crippen molar-refractivity contribution in [3.05, 3.63) is 36.1 Å². The molecule has 1 atom stereocenters. The molecule has 0 radical (unpaired) electrons. The third-order valence-electron chi connectivity index (χ3n) is 1.81. The molecule has 0 aliphatic carbocycles. The second-order valence-electron chi connectivity index (χ2n) is 2.51. The van der Waals surface area contributed by atoms with Crippen molar-refractivity contribution >= 4 is 11.0 Å². The highest BCUT2D eigenvalue weighted by Gasteiger charge is 1.95. The van der Waals surface area contributed by atoms with Crippen molar-refractivity contribution in [1.29, 1.82) is 0 Å². The van der Waals surface area contributed by atoms with Crippen molar-refractivity contribution in [2.45, 2.75) is 13.3 Å². The molecule has 0 aliphatic rings. The molecule has 0 bridgehead atoms. The third-order valence-corrected chi connectivity index (χ3v) is 1.81. The van der Waals surface area contributed by atoms with E-state index in [1.165, 1.54) is 0 Å². The SMILES string of the molecule is [2H]C(C)c1ccc2occc2c1. The molecule has 0 saturated heterocycles. The zero-order chi connectivity index (χ0) is 8.55. The molecule has 2 rings (SSSR count). The fraction of sp³-hybridized carbons (Fsp3) is 0.200. The summed E-state index contributed by atoms with van der Waals surface area (Å²) in [5, 5.41) is 1.08. The predicted octanol–water partition coefficient (Wildman–Crippen LogP) is 3.00. The van der Waals surface area contributed by atoms with Crippen LogP contribution >= 0.6 is 0 Å². The van der Waals surface area contributed by atoms with E-state index in [-0.39, 0.29) is 6.40 Å². The quantitative estimate of drug-likeness (QED) is 0.604. The Morgan fingerprint density at radius 1 is 1.45 bits per heavy atom. The van der Waals surface area contributed by atoms with E-state index in [0.29, 0.717) is 0 Å². The van der Waals surface area contributed by atoms with E-state index < -0.39 is 0 Å². The molecule has 1 unspecified atom stereocenters. The van der Waals surface area contributed by atoms with Crippen molar-refractivity contribution in [2.75, 3.05) is 0 Å². The van der Waals surface area contributed by atoms with Crippen LogP contribution in [0.2, 0.25) is 0 Å². The van der Waals surface area contributed by atoms with Crippen LogP contribution in [0.25, 0.3) is 11.0 Å². The Labute approximate surface area is 67.0 Å². The van der Waals surface area contributed by atoms with E-state index >= 15 is 0 Å². The Hall–Kier alpha value is -1.24. The third kappa shape index (κ3) is 1.03. The first-order valence-corrected chi connectivity index (χ1v) is 3.67. The van der Waals surface area contributed by atoms with E-state index in [1.807, 2.05) is 31.2 Å². The first-order chi connectivity index (χ1) is 5.77. The van der Waals surface area contributed by atoms with E-state index in [4.69, 9.17) is 5.79 Å². The van der Waals surface area contributed by atoms with Crippen LogP contribution < -0.4 is 0 Å². The molecule has 1 heterocycles. The zero-order valence-corrected chi connectivity index (χ0v) is 6.37. The van der Waals surface area contributed by atoms with Gasteiger partial charge in [-0.1, -0.05) is 13.0 Å². The van der Waals surface area contributed by atoms with Gasteiger partial charge in [0.1, 0.15) is 5.58 Å². The van der Waals surface area contributed by atoms with Gasteiger partial charge in [0.05, 0.1) is 6.26 Å². The van der Waals surface area contributed by atoms with Gasteiger partial charge in [-0.25, -0.2) is 0 Å². The van der Waals surface area contributed by atoms with Crippen LogP contribution in [0.1, 0.15) is 13.9 Å². The molecule has 0 amide bonds. The number of fused-ring (bicyclic) bond motifs is 1. The summed E-state index contributed by atoms with van der Waals surface area (Å²) in [4.78, 5) is 0. The van der Waals surface area contributed by atoms with Gasteiger partial charge in [0.15, 0.2) is 0 Å². The number of aryl methyl sites for hydroxylation is 1. The van der Waals surface area contributed by atoms with E-state index in [2.05, 4.69) is 0 Å². The Morgan fingerprint density at radius 2 is 2.36 bits per heavy atom. The van der Waals surface area contributed by atoms with Gasteiger partial charge >= 0.3 is 0 Å². The van der Waals surface area contributed by atoms with Crippen LogP contribution in [-0.4, -0.2) is 0 Å². The summed E-state index contributed by atoms with van der Waals surface area (Å²) < 4.78 is 12.7. The molecule has 0 saturated carbocycles. The average molecular weight is 147 g/mol. The lowest BCUT2D eigenvalue weighted by Crippen LogP contribution is -1.76. The number of furan rings is 1. The molecule has 1 aromatic heterocycles. The lowest BCUT2D eigenvalue weighted by molar-refractivity contribution is 0.616. The smallest absolute Gasteiger partial charge is 0.133 e. The summed E-state index contributed by atoms with van der Waals surface area (Å²) in [7, 11) is 0. The maximum absolute atomic E-state index is 7.52. The standard InChI is InChI=1S/C10H10O/c1-2-8-3-4-10-9(7-8)5-6-11-10/h3-7H,2H2,1H3/i2D. The monoisotopic (exact) mass is 147 g/mol. The molecule has 0 spiro atoms. The van der Waals surface area contributed by atoms with Crippen LogP contribution in [0.3, 0.4) is 0 Å². The fourth-order valence-electron chi connectivity index (χ4n) is 1.16. The van der Waals surface area contributed by atoms with Gasteiger partial charge in [0.25, 0.3) is 0 Å². The van der Waals surface area contributed by atoms with Gasteiger partial charge < -0.3 is 4.42 Å². The Bertz CT molecular complexity index is 389. The largest absolute Gasteiger partial charge is 0.464 e.